The maximum Gasteiger partial charge on any atom is 0.0541 e. The Morgan fingerprint density at radius 2 is 1.94 bits per heavy atom. The molecule has 0 nitrogen and oxygen atoms in total. The second-order valence-corrected chi connectivity index (χ2v) is 6.82. The fourth-order valence-electron chi connectivity index (χ4n) is 1.33. The predicted molar refractivity (Wildman–Crippen MR) is 79.0 cm³/mol. The van der Waals surface area contributed by atoms with Gasteiger partial charge in [0.15, 0.2) is 0 Å². The van der Waals surface area contributed by atoms with Gasteiger partial charge in [-0.1, -0.05) is 44.5 Å². The first-order valence-electron chi connectivity index (χ1n) is 5.43. The Balaban J connectivity index is 2.60. The normalized spacial score (nSPS) is 13.8. The molecule has 90 valence electrons. The Hall–Kier alpha value is 0.210. The number of benzene rings is 1. The summed E-state index contributed by atoms with van der Waals surface area (Å²) in [7, 11) is 0. The van der Waals surface area contributed by atoms with Crippen molar-refractivity contribution in [1.82, 2.24) is 0 Å². The molecule has 0 N–H and O–H groups in total. The summed E-state index contributed by atoms with van der Waals surface area (Å²) in [5.74, 6) is 2.58. The van der Waals surface area contributed by atoms with Gasteiger partial charge in [0.05, 0.1) is 5.02 Å². The van der Waals surface area contributed by atoms with Gasteiger partial charge in [-0.25, -0.2) is 0 Å². The maximum atomic E-state index is 6.13. The first-order chi connectivity index (χ1) is 7.45. The Morgan fingerprint density at radius 3 is 2.44 bits per heavy atom. The van der Waals surface area contributed by atoms with E-state index in [0.717, 1.165) is 16.5 Å². The van der Waals surface area contributed by atoms with Crippen LogP contribution in [0.5, 0.6) is 0 Å². The third kappa shape index (κ3) is 4.23. The van der Waals surface area contributed by atoms with E-state index in [1.807, 2.05) is 30.0 Å². The van der Waals surface area contributed by atoms with Crippen LogP contribution in [0.1, 0.15) is 20.8 Å². The molecule has 1 aromatic carbocycles. The average molecular weight is 275 g/mol. The molecule has 0 aliphatic rings. The molecule has 0 saturated heterocycles. The van der Waals surface area contributed by atoms with Crippen molar-refractivity contribution in [2.45, 2.75) is 25.7 Å². The summed E-state index contributed by atoms with van der Waals surface area (Å²) in [6, 6.07) is 8.01. The minimum Gasteiger partial charge on any atom is -0.179 e. The Kier molecular flexibility index (Phi) is 5.55. The van der Waals surface area contributed by atoms with Gasteiger partial charge < -0.3 is 0 Å². The number of halogens is 1. The van der Waals surface area contributed by atoms with Gasteiger partial charge in [-0.2, -0.15) is 12.6 Å². The van der Waals surface area contributed by atoms with Gasteiger partial charge in [0, 0.05) is 10.6 Å². The zero-order valence-electron chi connectivity index (χ0n) is 10.0. The van der Waals surface area contributed by atoms with Crippen molar-refractivity contribution in [3.8, 4) is 0 Å². The lowest BCUT2D eigenvalue weighted by Gasteiger charge is -2.29. The fraction of sp³-hybridized carbons (Fsp3) is 0.538. The summed E-state index contributed by atoms with van der Waals surface area (Å²) in [5.41, 5.74) is 0.302. The van der Waals surface area contributed by atoms with Crippen LogP contribution in [0.4, 0.5) is 0 Å². The second kappa shape index (κ2) is 6.23. The van der Waals surface area contributed by atoms with Gasteiger partial charge in [-0.15, -0.1) is 11.8 Å². The second-order valence-electron chi connectivity index (χ2n) is 4.99. The molecule has 0 amide bonds. The van der Waals surface area contributed by atoms with Gasteiger partial charge >= 0.3 is 0 Å². The smallest absolute Gasteiger partial charge is 0.0541 e. The molecule has 0 aliphatic heterocycles. The first-order valence-corrected chi connectivity index (χ1v) is 7.43. The van der Waals surface area contributed by atoms with Crippen molar-refractivity contribution in [2.75, 3.05) is 11.5 Å². The molecule has 0 fully saturated rings. The molecule has 0 saturated carbocycles. The summed E-state index contributed by atoms with van der Waals surface area (Å²) >= 11 is 12.4. The summed E-state index contributed by atoms with van der Waals surface area (Å²) in [4.78, 5) is 1.17. The highest BCUT2D eigenvalue weighted by Gasteiger charge is 2.23. The van der Waals surface area contributed by atoms with Crippen molar-refractivity contribution in [3.63, 3.8) is 0 Å². The number of thioether (sulfide) groups is 1. The molecule has 0 spiro atoms. The molecule has 0 bridgehead atoms. The number of rotatable bonds is 4. The molecule has 1 rings (SSSR count). The third-order valence-corrected chi connectivity index (χ3v) is 4.84. The van der Waals surface area contributed by atoms with Gasteiger partial charge in [-0.05, 0) is 29.2 Å². The van der Waals surface area contributed by atoms with Crippen LogP contribution < -0.4 is 0 Å². The van der Waals surface area contributed by atoms with E-state index in [1.54, 1.807) is 0 Å². The summed E-state index contributed by atoms with van der Waals surface area (Å²) in [6.07, 6.45) is 0. The van der Waals surface area contributed by atoms with Crippen LogP contribution in [0, 0.1) is 11.3 Å². The molecule has 0 aromatic heterocycles. The van der Waals surface area contributed by atoms with Crippen molar-refractivity contribution < 1.29 is 0 Å². The van der Waals surface area contributed by atoms with Crippen molar-refractivity contribution >= 4 is 36.0 Å². The molecule has 0 heterocycles. The molecule has 0 aliphatic carbocycles. The van der Waals surface area contributed by atoms with E-state index in [4.69, 9.17) is 11.6 Å². The minimum absolute atomic E-state index is 0.302. The van der Waals surface area contributed by atoms with Gasteiger partial charge in [0.1, 0.15) is 0 Å². The van der Waals surface area contributed by atoms with E-state index in [1.165, 1.54) is 4.90 Å². The van der Waals surface area contributed by atoms with Crippen molar-refractivity contribution in [2.24, 2.45) is 11.3 Å². The zero-order chi connectivity index (χ0) is 12.2. The zero-order valence-corrected chi connectivity index (χ0v) is 12.5. The predicted octanol–water partition coefficient (Wildman–Crippen LogP) is 5.02. The largest absolute Gasteiger partial charge is 0.179 e. The quantitative estimate of drug-likeness (QED) is 0.594. The highest BCUT2D eigenvalue weighted by Crippen LogP contribution is 2.34. The molecule has 1 aromatic rings. The SMILES string of the molecule is CC(C)(C)C(CS)CSc1ccccc1Cl. The standard InChI is InChI=1S/C13H19ClS2/c1-13(2,3)10(8-15)9-16-12-7-5-4-6-11(12)14/h4-7,10,15H,8-9H2,1-3H3. The number of hydrogen-bond donors (Lipinski definition) is 1. The first kappa shape index (κ1) is 14.3. The van der Waals surface area contributed by atoms with Crippen LogP contribution in [-0.2, 0) is 0 Å². The van der Waals surface area contributed by atoms with E-state index in [2.05, 4.69) is 39.5 Å². The van der Waals surface area contributed by atoms with Crippen LogP contribution in [0.3, 0.4) is 0 Å². The molecular weight excluding hydrogens is 256 g/mol. The van der Waals surface area contributed by atoms with Crippen LogP contribution in [0.25, 0.3) is 0 Å². The number of thiol groups is 1. The van der Waals surface area contributed by atoms with E-state index in [9.17, 15) is 0 Å². The van der Waals surface area contributed by atoms with E-state index < -0.39 is 0 Å². The Bertz CT molecular complexity index is 331. The molecule has 16 heavy (non-hydrogen) atoms. The molecular formula is C13H19ClS2. The van der Waals surface area contributed by atoms with E-state index in [0.29, 0.717) is 11.3 Å². The Morgan fingerprint density at radius 1 is 1.31 bits per heavy atom. The van der Waals surface area contributed by atoms with Crippen LogP contribution in [0.15, 0.2) is 29.2 Å². The highest BCUT2D eigenvalue weighted by atomic mass is 35.5. The fourth-order valence-corrected chi connectivity index (χ4v) is 3.86. The topological polar surface area (TPSA) is 0 Å². The van der Waals surface area contributed by atoms with E-state index in [-0.39, 0.29) is 0 Å². The van der Waals surface area contributed by atoms with Gasteiger partial charge in [-0.3, -0.25) is 0 Å². The monoisotopic (exact) mass is 274 g/mol. The number of hydrogen-bond acceptors (Lipinski definition) is 2. The summed E-state index contributed by atoms with van der Waals surface area (Å²) in [6.45, 7) is 6.79. The lowest BCUT2D eigenvalue weighted by molar-refractivity contribution is 0.294. The highest BCUT2D eigenvalue weighted by molar-refractivity contribution is 7.99. The van der Waals surface area contributed by atoms with E-state index >= 15 is 0 Å². The van der Waals surface area contributed by atoms with Crippen molar-refractivity contribution in [3.05, 3.63) is 29.3 Å². The molecule has 1 unspecified atom stereocenters. The summed E-state index contributed by atoms with van der Waals surface area (Å²) < 4.78 is 0. The average Bonchev–Trinajstić information content (AvgIpc) is 2.19. The summed E-state index contributed by atoms with van der Waals surface area (Å²) in [5, 5.41) is 0.847. The molecule has 1 atom stereocenters. The molecule has 3 heteroatoms. The molecule has 0 radical (unpaired) electrons. The van der Waals surface area contributed by atoms with Crippen LogP contribution >= 0.6 is 36.0 Å². The lowest BCUT2D eigenvalue weighted by atomic mass is 9.83. The van der Waals surface area contributed by atoms with Crippen molar-refractivity contribution in [1.29, 1.82) is 0 Å². The maximum absolute atomic E-state index is 6.13. The Labute approximate surface area is 114 Å². The van der Waals surface area contributed by atoms with Crippen LogP contribution in [-0.4, -0.2) is 11.5 Å². The van der Waals surface area contributed by atoms with Gasteiger partial charge in [0.25, 0.3) is 0 Å². The van der Waals surface area contributed by atoms with Gasteiger partial charge in [0.2, 0.25) is 0 Å². The van der Waals surface area contributed by atoms with Crippen LogP contribution in [0.2, 0.25) is 5.02 Å². The third-order valence-electron chi connectivity index (χ3n) is 2.72. The lowest BCUT2D eigenvalue weighted by Crippen LogP contribution is -2.24. The minimum atomic E-state index is 0.302.